The summed E-state index contributed by atoms with van der Waals surface area (Å²) in [6.07, 6.45) is -8.49. The number of aliphatic hydroxyl groups is 1. The van der Waals surface area contributed by atoms with Gasteiger partial charge in [0.25, 0.3) is 0 Å². The van der Waals surface area contributed by atoms with Crippen LogP contribution in [0, 0.1) is 0 Å². The van der Waals surface area contributed by atoms with Crippen LogP contribution in [0.1, 0.15) is 24.0 Å². The van der Waals surface area contributed by atoms with Crippen molar-refractivity contribution in [2.75, 3.05) is 28.6 Å². The van der Waals surface area contributed by atoms with Crippen LogP contribution in [0.15, 0.2) is 48.5 Å². The summed E-state index contributed by atoms with van der Waals surface area (Å²) in [5, 5.41) is 15.4. The van der Waals surface area contributed by atoms with Gasteiger partial charge in [0, 0.05) is 24.5 Å². The molecule has 0 aliphatic carbocycles. The maximum absolute atomic E-state index is 13.1. The maximum atomic E-state index is 13.1. The minimum absolute atomic E-state index is 0.0562. The lowest BCUT2D eigenvalue weighted by molar-refractivity contribution is -0.138. The third-order valence-electron chi connectivity index (χ3n) is 5.20. The fourth-order valence-electron chi connectivity index (χ4n) is 3.56. The van der Waals surface area contributed by atoms with Gasteiger partial charge in [-0.2, -0.15) is 41.3 Å². The van der Waals surface area contributed by atoms with Crippen LogP contribution in [-0.2, 0) is 12.4 Å². The Hall–Kier alpha value is -3.61. The first-order valence-corrected chi connectivity index (χ1v) is 10.5. The standard InChI is InChI=1S/C22H20F6N6O/c23-21(24,25)13-4-1-6-15(10-13)29-18-31-19(30-16-7-2-5-14(11-16)22(26,27)28)33-20(32-18)34-9-3-8-17(35)12-34/h1-2,4-7,10-11,17,35H,3,8-9,12H2,(H2,29,30,31,32,33)/t17-/m0/s1. The second kappa shape index (κ2) is 9.56. The highest BCUT2D eigenvalue weighted by molar-refractivity contribution is 5.60. The van der Waals surface area contributed by atoms with Crippen LogP contribution in [0.3, 0.4) is 0 Å². The smallest absolute Gasteiger partial charge is 0.391 e. The number of benzene rings is 2. The molecule has 1 aromatic heterocycles. The number of hydrogen-bond acceptors (Lipinski definition) is 7. The molecular formula is C22H20F6N6O. The fraction of sp³-hybridized carbons (Fsp3) is 0.318. The molecule has 0 bridgehead atoms. The van der Waals surface area contributed by atoms with E-state index in [-0.39, 0.29) is 35.8 Å². The quantitative estimate of drug-likeness (QED) is 0.409. The predicted molar refractivity (Wildman–Crippen MR) is 117 cm³/mol. The van der Waals surface area contributed by atoms with Gasteiger partial charge in [-0.3, -0.25) is 0 Å². The number of aromatic nitrogens is 3. The summed E-state index contributed by atoms with van der Waals surface area (Å²) in [7, 11) is 0. The van der Waals surface area contributed by atoms with Crippen molar-refractivity contribution < 1.29 is 31.4 Å². The molecule has 186 valence electrons. The number of anilines is 5. The van der Waals surface area contributed by atoms with Crippen LogP contribution in [-0.4, -0.2) is 39.3 Å². The van der Waals surface area contributed by atoms with Gasteiger partial charge in [-0.1, -0.05) is 12.1 Å². The Labute approximate surface area is 195 Å². The molecule has 3 N–H and O–H groups in total. The number of hydrogen-bond donors (Lipinski definition) is 3. The van der Waals surface area contributed by atoms with Crippen molar-refractivity contribution in [1.29, 1.82) is 0 Å². The van der Waals surface area contributed by atoms with E-state index in [2.05, 4.69) is 25.6 Å². The van der Waals surface area contributed by atoms with Gasteiger partial charge in [0.1, 0.15) is 0 Å². The third kappa shape index (κ3) is 6.29. The molecule has 1 aliphatic rings. The zero-order valence-corrected chi connectivity index (χ0v) is 18.0. The SMILES string of the molecule is O[C@H]1CCCN(c2nc(Nc3cccc(C(F)(F)F)c3)nc(Nc3cccc(C(F)(F)F)c3)n2)C1. The Bertz CT molecular complexity index is 1110. The molecule has 35 heavy (non-hydrogen) atoms. The van der Waals surface area contributed by atoms with E-state index in [1.54, 1.807) is 4.90 Å². The zero-order valence-electron chi connectivity index (χ0n) is 18.0. The van der Waals surface area contributed by atoms with Crippen LogP contribution in [0.25, 0.3) is 0 Å². The Kier molecular flexibility index (Phi) is 6.70. The number of piperidine rings is 1. The lowest BCUT2D eigenvalue weighted by Crippen LogP contribution is -2.39. The molecule has 1 fully saturated rings. The molecule has 7 nitrogen and oxygen atoms in total. The molecule has 0 saturated carbocycles. The molecule has 2 aromatic carbocycles. The van der Waals surface area contributed by atoms with E-state index in [1.807, 2.05) is 0 Å². The van der Waals surface area contributed by atoms with Gasteiger partial charge in [-0.25, -0.2) is 0 Å². The average Bonchev–Trinajstić information content (AvgIpc) is 2.78. The van der Waals surface area contributed by atoms with Crippen molar-refractivity contribution in [1.82, 2.24) is 15.0 Å². The molecule has 0 unspecified atom stereocenters. The van der Waals surface area contributed by atoms with Gasteiger partial charge >= 0.3 is 12.4 Å². The summed E-state index contributed by atoms with van der Waals surface area (Å²) in [5.41, 5.74) is -1.64. The van der Waals surface area contributed by atoms with Gasteiger partial charge in [0.05, 0.1) is 17.2 Å². The number of rotatable bonds is 5. The molecule has 0 radical (unpaired) electrons. The summed E-state index contributed by atoms with van der Waals surface area (Å²) in [6, 6.07) is 8.82. The highest BCUT2D eigenvalue weighted by Gasteiger charge is 2.31. The van der Waals surface area contributed by atoms with Crippen molar-refractivity contribution in [3.05, 3.63) is 59.7 Å². The third-order valence-corrected chi connectivity index (χ3v) is 5.20. The van der Waals surface area contributed by atoms with Crippen molar-refractivity contribution in [2.24, 2.45) is 0 Å². The van der Waals surface area contributed by atoms with Crippen LogP contribution in [0.2, 0.25) is 0 Å². The Morgan fingerprint density at radius 3 is 1.77 bits per heavy atom. The topological polar surface area (TPSA) is 86.2 Å². The minimum Gasteiger partial charge on any atom is -0.391 e. The average molecular weight is 498 g/mol. The largest absolute Gasteiger partial charge is 0.416 e. The Morgan fingerprint density at radius 1 is 0.800 bits per heavy atom. The molecule has 13 heteroatoms. The van der Waals surface area contributed by atoms with E-state index in [9.17, 15) is 31.4 Å². The second-order valence-corrected chi connectivity index (χ2v) is 7.93. The first-order valence-electron chi connectivity index (χ1n) is 10.5. The Balaban J connectivity index is 1.67. The van der Waals surface area contributed by atoms with Gasteiger partial charge in [0.2, 0.25) is 17.8 Å². The van der Waals surface area contributed by atoms with Crippen molar-refractivity contribution >= 4 is 29.2 Å². The molecule has 0 amide bonds. The van der Waals surface area contributed by atoms with E-state index >= 15 is 0 Å². The van der Waals surface area contributed by atoms with E-state index in [0.717, 1.165) is 24.3 Å². The second-order valence-electron chi connectivity index (χ2n) is 7.93. The monoisotopic (exact) mass is 498 g/mol. The lowest BCUT2D eigenvalue weighted by atomic mass is 10.1. The maximum Gasteiger partial charge on any atom is 0.416 e. The Morgan fingerprint density at radius 2 is 1.31 bits per heavy atom. The summed E-state index contributed by atoms with van der Waals surface area (Å²) in [5.74, 6) is -0.129. The van der Waals surface area contributed by atoms with Gasteiger partial charge < -0.3 is 20.6 Å². The molecule has 1 atom stereocenters. The minimum atomic E-state index is -4.55. The predicted octanol–water partition coefficient (Wildman–Crippen LogP) is 5.36. The van der Waals surface area contributed by atoms with Crippen LogP contribution >= 0.6 is 0 Å². The van der Waals surface area contributed by atoms with Crippen molar-refractivity contribution in [3.8, 4) is 0 Å². The number of alkyl halides is 6. The van der Waals surface area contributed by atoms with Crippen LogP contribution in [0.4, 0.5) is 55.6 Å². The number of halogens is 6. The molecule has 3 aromatic rings. The van der Waals surface area contributed by atoms with E-state index < -0.39 is 29.6 Å². The van der Waals surface area contributed by atoms with Crippen LogP contribution < -0.4 is 15.5 Å². The highest BCUT2D eigenvalue weighted by Crippen LogP contribution is 2.33. The molecule has 0 spiro atoms. The van der Waals surface area contributed by atoms with E-state index in [1.165, 1.54) is 24.3 Å². The van der Waals surface area contributed by atoms with Gasteiger partial charge in [-0.15, -0.1) is 0 Å². The number of aliphatic hydroxyl groups excluding tert-OH is 1. The highest BCUT2D eigenvalue weighted by atomic mass is 19.4. The first kappa shape index (κ1) is 24.5. The molecule has 1 aliphatic heterocycles. The number of nitrogens with one attached hydrogen (secondary N) is 2. The summed E-state index contributed by atoms with van der Waals surface area (Å²) >= 11 is 0. The first-order chi connectivity index (χ1) is 16.5. The van der Waals surface area contributed by atoms with Gasteiger partial charge in [-0.05, 0) is 49.2 Å². The van der Waals surface area contributed by atoms with Gasteiger partial charge in [0.15, 0.2) is 0 Å². The fourth-order valence-corrected chi connectivity index (χ4v) is 3.56. The van der Waals surface area contributed by atoms with Crippen LogP contribution in [0.5, 0.6) is 0 Å². The molecule has 4 rings (SSSR count). The molecule has 1 saturated heterocycles. The number of nitrogens with zero attached hydrogens (tertiary/aromatic N) is 4. The molecule has 2 heterocycles. The van der Waals surface area contributed by atoms with E-state index in [4.69, 9.17) is 0 Å². The lowest BCUT2D eigenvalue weighted by Gasteiger charge is -2.30. The zero-order chi connectivity index (χ0) is 25.2. The number of β-amino-alcohol motifs (C(OH)–C–C–N with tert-alkyl or cyclic N) is 1. The normalized spacial score (nSPS) is 16.8. The summed E-state index contributed by atoms with van der Waals surface area (Å²) in [6.45, 7) is 0.725. The van der Waals surface area contributed by atoms with E-state index in [0.29, 0.717) is 19.4 Å². The molecular weight excluding hydrogens is 478 g/mol. The summed E-state index contributed by atoms with van der Waals surface area (Å²) in [4.78, 5) is 14.3. The van der Waals surface area contributed by atoms with Crippen molar-refractivity contribution in [3.63, 3.8) is 0 Å². The van der Waals surface area contributed by atoms with Crippen molar-refractivity contribution in [2.45, 2.75) is 31.3 Å². The summed E-state index contributed by atoms with van der Waals surface area (Å²) < 4.78 is 78.5.